The van der Waals surface area contributed by atoms with E-state index in [9.17, 15) is 9.59 Å². The largest absolute Gasteiger partial charge is 0.370 e. The Morgan fingerprint density at radius 3 is 2.36 bits per heavy atom. The molecule has 5 heteroatoms. The van der Waals surface area contributed by atoms with Gasteiger partial charge in [-0.15, -0.1) is 0 Å². The van der Waals surface area contributed by atoms with Gasteiger partial charge >= 0.3 is 0 Å². The molecule has 0 aliphatic rings. The number of nitrogens with two attached hydrogens (primary N) is 2. The summed E-state index contributed by atoms with van der Waals surface area (Å²) in [5, 5.41) is 2.65. The molecule has 0 aromatic carbocycles. The van der Waals surface area contributed by atoms with Crippen LogP contribution in [-0.4, -0.2) is 24.4 Å². The van der Waals surface area contributed by atoms with Crippen LogP contribution in [0.4, 0.5) is 0 Å². The van der Waals surface area contributed by atoms with Gasteiger partial charge in [-0.3, -0.25) is 9.59 Å². The van der Waals surface area contributed by atoms with Crippen molar-refractivity contribution < 1.29 is 9.59 Å². The van der Waals surface area contributed by atoms with Crippen LogP contribution in [-0.2, 0) is 9.59 Å². The molecule has 0 heterocycles. The molecule has 1 unspecified atom stereocenters. The Morgan fingerprint density at radius 1 is 1.36 bits per heavy atom. The zero-order valence-electron chi connectivity index (χ0n) is 8.75. The van der Waals surface area contributed by atoms with Crippen molar-refractivity contribution in [1.82, 2.24) is 5.32 Å². The van der Waals surface area contributed by atoms with Gasteiger partial charge in [0.15, 0.2) is 0 Å². The van der Waals surface area contributed by atoms with E-state index in [4.69, 9.17) is 11.5 Å². The lowest BCUT2D eigenvalue weighted by atomic mass is 10.1. The van der Waals surface area contributed by atoms with Crippen molar-refractivity contribution in [1.29, 1.82) is 0 Å². The second-order valence-corrected chi connectivity index (χ2v) is 3.75. The third-order valence-corrected chi connectivity index (χ3v) is 1.78. The van der Waals surface area contributed by atoms with Gasteiger partial charge in [0, 0.05) is 6.54 Å². The Morgan fingerprint density at radius 2 is 1.93 bits per heavy atom. The normalized spacial score (nSPS) is 12.6. The molecule has 0 bridgehead atoms. The molecule has 2 amide bonds. The topological polar surface area (TPSA) is 98.2 Å². The number of carbonyl (C=O) groups is 2. The number of amides is 2. The van der Waals surface area contributed by atoms with E-state index in [2.05, 4.69) is 19.2 Å². The summed E-state index contributed by atoms with van der Waals surface area (Å²) in [5.74, 6) is -0.344. The van der Waals surface area contributed by atoms with E-state index < -0.39 is 11.9 Å². The summed E-state index contributed by atoms with van der Waals surface area (Å²) < 4.78 is 0. The van der Waals surface area contributed by atoms with E-state index in [1.807, 2.05) is 0 Å². The average molecular weight is 201 g/mol. The maximum atomic E-state index is 11.2. The van der Waals surface area contributed by atoms with E-state index >= 15 is 0 Å². The second-order valence-electron chi connectivity index (χ2n) is 3.75. The summed E-state index contributed by atoms with van der Waals surface area (Å²) >= 11 is 0. The highest BCUT2D eigenvalue weighted by atomic mass is 16.2. The molecular formula is C9H19N3O2. The summed E-state index contributed by atoms with van der Waals surface area (Å²) in [4.78, 5) is 21.7. The first-order valence-corrected chi connectivity index (χ1v) is 4.75. The summed E-state index contributed by atoms with van der Waals surface area (Å²) in [5.41, 5.74) is 10.3. The third-order valence-electron chi connectivity index (χ3n) is 1.78. The van der Waals surface area contributed by atoms with Gasteiger partial charge in [0.2, 0.25) is 11.8 Å². The summed E-state index contributed by atoms with van der Waals surface area (Å²) in [6, 6.07) is -0.820. The van der Waals surface area contributed by atoms with Crippen LogP contribution in [0, 0.1) is 5.92 Å². The van der Waals surface area contributed by atoms with Crippen LogP contribution in [0.3, 0.4) is 0 Å². The molecule has 0 aliphatic heterocycles. The molecular weight excluding hydrogens is 182 g/mol. The smallest absolute Gasteiger partial charge is 0.237 e. The highest BCUT2D eigenvalue weighted by molar-refractivity contribution is 5.87. The Bertz CT molecular complexity index is 204. The van der Waals surface area contributed by atoms with E-state index in [-0.39, 0.29) is 12.3 Å². The quantitative estimate of drug-likeness (QED) is 0.532. The van der Waals surface area contributed by atoms with Crippen molar-refractivity contribution in [3.63, 3.8) is 0 Å². The molecule has 1 atom stereocenters. The fourth-order valence-corrected chi connectivity index (χ4v) is 0.925. The summed E-state index contributed by atoms with van der Waals surface area (Å²) in [6.07, 6.45) is 0.794. The van der Waals surface area contributed by atoms with Crippen molar-refractivity contribution in [2.75, 3.05) is 6.54 Å². The number of hydrogen-bond donors (Lipinski definition) is 3. The van der Waals surface area contributed by atoms with E-state index in [1.54, 1.807) is 0 Å². The average Bonchev–Trinajstić information content (AvgIpc) is 2.01. The van der Waals surface area contributed by atoms with E-state index in [0.717, 1.165) is 6.42 Å². The molecule has 0 saturated heterocycles. The lowest BCUT2D eigenvalue weighted by Gasteiger charge is -2.11. The van der Waals surface area contributed by atoms with Gasteiger partial charge in [-0.1, -0.05) is 13.8 Å². The fourth-order valence-electron chi connectivity index (χ4n) is 0.925. The minimum Gasteiger partial charge on any atom is -0.370 e. The van der Waals surface area contributed by atoms with Gasteiger partial charge in [0.05, 0.1) is 12.5 Å². The van der Waals surface area contributed by atoms with Crippen LogP contribution in [0.1, 0.15) is 26.7 Å². The van der Waals surface area contributed by atoms with Crippen LogP contribution in [0.2, 0.25) is 0 Å². The van der Waals surface area contributed by atoms with Gasteiger partial charge in [0.1, 0.15) is 0 Å². The molecule has 0 aliphatic carbocycles. The Labute approximate surface area is 84.2 Å². The van der Waals surface area contributed by atoms with E-state index in [0.29, 0.717) is 12.5 Å². The first-order valence-electron chi connectivity index (χ1n) is 4.75. The SMILES string of the molecule is CC(C)CCNC(=O)C(N)CC(N)=O. The molecule has 0 saturated carbocycles. The zero-order valence-corrected chi connectivity index (χ0v) is 8.75. The molecule has 14 heavy (non-hydrogen) atoms. The van der Waals surface area contributed by atoms with Crippen LogP contribution in [0.15, 0.2) is 0 Å². The van der Waals surface area contributed by atoms with Gasteiger partial charge in [-0.05, 0) is 12.3 Å². The van der Waals surface area contributed by atoms with Crippen LogP contribution in [0.25, 0.3) is 0 Å². The molecule has 5 nitrogen and oxygen atoms in total. The minimum absolute atomic E-state index is 0.104. The van der Waals surface area contributed by atoms with Gasteiger partial charge in [-0.2, -0.15) is 0 Å². The number of nitrogens with one attached hydrogen (secondary N) is 1. The maximum Gasteiger partial charge on any atom is 0.237 e. The molecule has 5 N–H and O–H groups in total. The number of hydrogen-bond acceptors (Lipinski definition) is 3. The van der Waals surface area contributed by atoms with E-state index in [1.165, 1.54) is 0 Å². The molecule has 0 fully saturated rings. The predicted molar refractivity (Wildman–Crippen MR) is 54.3 cm³/mol. The molecule has 0 aromatic heterocycles. The highest BCUT2D eigenvalue weighted by Crippen LogP contribution is 1.96. The highest BCUT2D eigenvalue weighted by Gasteiger charge is 2.14. The first kappa shape index (κ1) is 12.9. The van der Waals surface area contributed by atoms with Crippen LogP contribution < -0.4 is 16.8 Å². The lowest BCUT2D eigenvalue weighted by Crippen LogP contribution is -2.43. The molecule has 0 aromatic rings. The number of rotatable bonds is 6. The number of primary amides is 1. The zero-order chi connectivity index (χ0) is 11.1. The first-order chi connectivity index (χ1) is 6.43. The molecule has 82 valence electrons. The third kappa shape index (κ3) is 6.42. The summed E-state index contributed by atoms with van der Waals surface area (Å²) in [7, 11) is 0. The number of carbonyl (C=O) groups excluding carboxylic acids is 2. The Balaban J connectivity index is 3.67. The Kier molecular flexibility index (Phi) is 5.87. The van der Waals surface area contributed by atoms with Crippen LogP contribution >= 0.6 is 0 Å². The van der Waals surface area contributed by atoms with Gasteiger partial charge < -0.3 is 16.8 Å². The predicted octanol–water partition coefficient (Wildman–Crippen LogP) is -0.649. The maximum absolute atomic E-state index is 11.2. The Hall–Kier alpha value is -1.10. The van der Waals surface area contributed by atoms with Crippen molar-refractivity contribution in [2.24, 2.45) is 17.4 Å². The van der Waals surface area contributed by atoms with Gasteiger partial charge in [-0.25, -0.2) is 0 Å². The van der Waals surface area contributed by atoms with Gasteiger partial charge in [0.25, 0.3) is 0 Å². The summed E-state index contributed by atoms with van der Waals surface area (Å²) in [6.45, 7) is 4.72. The van der Waals surface area contributed by atoms with Crippen LogP contribution in [0.5, 0.6) is 0 Å². The second kappa shape index (κ2) is 6.37. The monoisotopic (exact) mass is 201 g/mol. The van der Waals surface area contributed by atoms with Crippen molar-refractivity contribution in [3.05, 3.63) is 0 Å². The van der Waals surface area contributed by atoms with Crippen molar-refractivity contribution in [3.8, 4) is 0 Å². The van der Waals surface area contributed by atoms with Crippen molar-refractivity contribution >= 4 is 11.8 Å². The molecule has 0 rings (SSSR count). The molecule has 0 radical (unpaired) electrons. The standard InChI is InChI=1S/C9H19N3O2/c1-6(2)3-4-12-9(14)7(10)5-8(11)13/h6-7H,3-5,10H2,1-2H3,(H2,11,13)(H,12,14). The molecule has 0 spiro atoms. The lowest BCUT2D eigenvalue weighted by molar-refractivity contribution is -0.126. The fraction of sp³-hybridized carbons (Fsp3) is 0.778. The minimum atomic E-state index is -0.820. The van der Waals surface area contributed by atoms with Crippen molar-refractivity contribution in [2.45, 2.75) is 32.7 Å².